The predicted molar refractivity (Wildman–Crippen MR) is 128 cm³/mol. The second kappa shape index (κ2) is 9.38. The molecule has 0 aliphatic carbocycles. The fourth-order valence-corrected chi connectivity index (χ4v) is 5.28. The first kappa shape index (κ1) is 23.0. The Morgan fingerprint density at radius 2 is 1.73 bits per heavy atom. The first-order chi connectivity index (χ1) is 15.8. The molecule has 3 aromatic carbocycles. The molecule has 1 aliphatic heterocycles. The van der Waals surface area contributed by atoms with Crippen LogP contribution in [0, 0.1) is 0 Å². The fraction of sp³-hybridized carbons (Fsp3) is 0.167. The molecule has 0 radical (unpaired) electrons. The molecule has 1 heterocycles. The van der Waals surface area contributed by atoms with Crippen molar-refractivity contribution in [3.63, 3.8) is 0 Å². The van der Waals surface area contributed by atoms with Crippen molar-refractivity contribution in [1.82, 2.24) is 9.62 Å². The van der Waals surface area contributed by atoms with Gasteiger partial charge in [0.05, 0.1) is 16.1 Å². The summed E-state index contributed by atoms with van der Waals surface area (Å²) in [6.45, 7) is 0.391. The molecule has 3 aromatic rings. The van der Waals surface area contributed by atoms with Gasteiger partial charge in [-0.15, -0.1) is 0 Å². The van der Waals surface area contributed by atoms with Crippen molar-refractivity contribution in [1.29, 1.82) is 0 Å². The third kappa shape index (κ3) is 4.95. The Morgan fingerprint density at radius 1 is 1.00 bits per heavy atom. The maximum Gasteiger partial charge on any atom is 0.256 e. The Hall–Kier alpha value is -3.14. The van der Waals surface area contributed by atoms with E-state index in [-0.39, 0.29) is 16.7 Å². The van der Waals surface area contributed by atoms with Crippen molar-refractivity contribution in [2.24, 2.45) is 0 Å². The Kier molecular flexibility index (Phi) is 6.55. The third-order valence-electron chi connectivity index (χ3n) is 5.24. The largest absolute Gasteiger partial charge is 0.352 e. The summed E-state index contributed by atoms with van der Waals surface area (Å²) >= 11 is 1.49. The van der Waals surface area contributed by atoms with Crippen LogP contribution in [0.4, 0.5) is 5.69 Å². The fourth-order valence-electron chi connectivity index (χ4n) is 3.37. The van der Waals surface area contributed by atoms with Crippen LogP contribution in [0.15, 0.2) is 81.4 Å². The van der Waals surface area contributed by atoms with Crippen molar-refractivity contribution in [2.75, 3.05) is 26.0 Å². The zero-order valence-electron chi connectivity index (χ0n) is 18.2. The Balaban J connectivity index is 1.39. The molecule has 0 bridgehead atoms. The molecule has 0 saturated heterocycles. The van der Waals surface area contributed by atoms with E-state index in [0.29, 0.717) is 29.8 Å². The normalized spacial score (nSPS) is 13.0. The van der Waals surface area contributed by atoms with E-state index in [4.69, 9.17) is 0 Å². The second-order valence-corrected chi connectivity index (χ2v) is 10.9. The minimum absolute atomic E-state index is 0.200. The summed E-state index contributed by atoms with van der Waals surface area (Å²) in [6.07, 6.45) is 0.556. The van der Waals surface area contributed by atoms with E-state index in [0.717, 1.165) is 15.4 Å². The Bertz CT molecular complexity index is 1320. The Labute approximate surface area is 197 Å². The topological polar surface area (TPSA) is 95.6 Å². The van der Waals surface area contributed by atoms with Gasteiger partial charge in [-0.25, -0.2) is 12.7 Å². The van der Waals surface area contributed by atoms with E-state index in [1.54, 1.807) is 42.5 Å². The molecule has 2 N–H and O–H groups in total. The monoisotopic (exact) mass is 481 g/mol. The van der Waals surface area contributed by atoms with Crippen LogP contribution in [0.3, 0.4) is 0 Å². The zero-order chi connectivity index (χ0) is 23.6. The van der Waals surface area contributed by atoms with Crippen LogP contribution < -0.4 is 10.6 Å². The van der Waals surface area contributed by atoms with Gasteiger partial charge < -0.3 is 10.6 Å². The third-order valence-corrected chi connectivity index (χ3v) is 8.22. The van der Waals surface area contributed by atoms with Gasteiger partial charge in [0.15, 0.2) is 0 Å². The van der Waals surface area contributed by atoms with Crippen LogP contribution in [-0.2, 0) is 16.4 Å². The summed E-state index contributed by atoms with van der Waals surface area (Å²) in [7, 11) is -0.483. The number of fused-ring (bicyclic) bond motifs is 2. The summed E-state index contributed by atoms with van der Waals surface area (Å²) in [6, 6.07) is 19.3. The summed E-state index contributed by atoms with van der Waals surface area (Å²) < 4.78 is 25.5. The average Bonchev–Trinajstić information content (AvgIpc) is 2.94. The van der Waals surface area contributed by atoms with Gasteiger partial charge in [-0.2, -0.15) is 0 Å². The van der Waals surface area contributed by atoms with Crippen LogP contribution in [0.25, 0.3) is 0 Å². The summed E-state index contributed by atoms with van der Waals surface area (Å²) in [5.74, 6) is -0.445. The molecule has 2 amide bonds. The zero-order valence-corrected chi connectivity index (χ0v) is 19.8. The smallest absolute Gasteiger partial charge is 0.256 e. The number of rotatable bonds is 6. The van der Waals surface area contributed by atoms with Crippen molar-refractivity contribution < 1.29 is 18.0 Å². The molecular weight excluding hydrogens is 458 g/mol. The van der Waals surface area contributed by atoms with E-state index < -0.39 is 10.0 Å². The standard InChI is InChI=1S/C24H23N3O4S2/c1-27(2)33(30,31)18-10-7-16(8-11-18)13-14-25-23(28)17-9-12-22-20(15-17)26-24(29)19-5-3-4-6-21(19)32-22/h3-12,15H,13-14H2,1-2H3,(H,25,28)(H,26,29). The van der Waals surface area contributed by atoms with E-state index >= 15 is 0 Å². The molecule has 1 aliphatic rings. The molecule has 0 fully saturated rings. The van der Waals surface area contributed by atoms with Crippen molar-refractivity contribution in [3.8, 4) is 0 Å². The SMILES string of the molecule is CN(C)S(=O)(=O)c1ccc(CCNC(=O)c2ccc3c(c2)NC(=O)c2ccccc2S3)cc1. The van der Waals surface area contributed by atoms with Crippen LogP contribution in [0.1, 0.15) is 26.3 Å². The highest BCUT2D eigenvalue weighted by Gasteiger charge is 2.21. The number of carbonyl (C=O) groups excluding carboxylic acids is 2. The predicted octanol–water partition coefficient (Wildman–Crippen LogP) is 3.63. The van der Waals surface area contributed by atoms with E-state index in [2.05, 4.69) is 10.6 Å². The highest BCUT2D eigenvalue weighted by molar-refractivity contribution is 7.99. The number of nitrogens with zero attached hydrogens (tertiary/aromatic N) is 1. The van der Waals surface area contributed by atoms with Crippen LogP contribution in [0.5, 0.6) is 0 Å². The lowest BCUT2D eigenvalue weighted by Crippen LogP contribution is -2.26. The molecule has 0 aromatic heterocycles. The number of hydrogen-bond acceptors (Lipinski definition) is 5. The van der Waals surface area contributed by atoms with Gasteiger partial charge in [0.2, 0.25) is 10.0 Å². The van der Waals surface area contributed by atoms with E-state index in [1.165, 1.54) is 30.2 Å². The minimum atomic E-state index is -3.46. The number of carbonyl (C=O) groups is 2. The van der Waals surface area contributed by atoms with Crippen molar-refractivity contribution in [2.45, 2.75) is 21.1 Å². The first-order valence-electron chi connectivity index (χ1n) is 10.3. The number of sulfonamides is 1. The van der Waals surface area contributed by atoms with Crippen molar-refractivity contribution >= 4 is 39.3 Å². The highest BCUT2D eigenvalue weighted by Crippen LogP contribution is 2.38. The lowest BCUT2D eigenvalue weighted by Gasteiger charge is -2.12. The average molecular weight is 482 g/mol. The second-order valence-electron chi connectivity index (χ2n) is 7.70. The maximum absolute atomic E-state index is 12.7. The van der Waals surface area contributed by atoms with Crippen LogP contribution in [0.2, 0.25) is 0 Å². The van der Waals surface area contributed by atoms with Gasteiger partial charge in [0.1, 0.15) is 0 Å². The van der Waals surface area contributed by atoms with Gasteiger partial charge in [0.25, 0.3) is 11.8 Å². The molecule has 33 heavy (non-hydrogen) atoms. The quantitative estimate of drug-likeness (QED) is 0.561. The molecule has 170 valence electrons. The molecule has 0 spiro atoms. The molecule has 0 saturated carbocycles. The van der Waals surface area contributed by atoms with Gasteiger partial charge >= 0.3 is 0 Å². The van der Waals surface area contributed by atoms with Gasteiger partial charge in [-0.3, -0.25) is 9.59 Å². The van der Waals surface area contributed by atoms with Crippen LogP contribution >= 0.6 is 11.8 Å². The number of amides is 2. The molecule has 0 unspecified atom stereocenters. The maximum atomic E-state index is 12.7. The molecule has 4 rings (SSSR count). The molecular formula is C24H23N3O4S2. The minimum Gasteiger partial charge on any atom is -0.352 e. The number of benzene rings is 3. The summed E-state index contributed by atoms with van der Waals surface area (Å²) in [5.41, 5.74) is 2.57. The first-order valence-corrected chi connectivity index (χ1v) is 12.5. The summed E-state index contributed by atoms with van der Waals surface area (Å²) in [4.78, 5) is 27.2. The van der Waals surface area contributed by atoms with E-state index in [9.17, 15) is 18.0 Å². The Morgan fingerprint density at radius 3 is 2.45 bits per heavy atom. The molecule has 9 heteroatoms. The number of nitrogens with one attached hydrogen (secondary N) is 2. The summed E-state index contributed by atoms with van der Waals surface area (Å²) in [5, 5.41) is 5.77. The number of anilines is 1. The van der Waals surface area contributed by atoms with Gasteiger partial charge in [0, 0.05) is 36.0 Å². The lowest BCUT2D eigenvalue weighted by molar-refractivity contribution is 0.0952. The van der Waals surface area contributed by atoms with Gasteiger partial charge in [-0.05, 0) is 54.4 Å². The number of hydrogen-bond donors (Lipinski definition) is 2. The highest BCUT2D eigenvalue weighted by atomic mass is 32.2. The van der Waals surface area contributed by atoms with E-state index in [1.807, 2.05) is 24.3 Å². The molecule has 7 nitrogen and oxygen atoms in total. The molecule has 0 atom stereocenters. The van der Waals surface area contributed by atoms with Gasteiger partial charge in [-0.1, -0.05) is 36.0 Å². The van der Waals surface area contributed by atoms with Crippen LogP contribution in [-0.4, -0.2) is 45.2 Å². The lowest BCUT2D eigenvalue weighted by atomic mass is 10.1. The van der Waals surface area contributed by atoms with Crippen molar-refractivity contribution in [3.05, 3.63) is 83.4 Å².